The molecule has 35 heavy (non-hydrogen) atoms. The predicted octanol–water partition coefficient (Wildman–Crippen LogP) is 5.17. The molecule has 186 valence electrons. The van der Waals surface area contributed by atoms with Gasteiger partial charge in [0.05, 0.1) is 16.3 Å². The number of anilines is 2. The quantitative estimate of drug-likeness (QED) is 0.533. The number of sulfone groups is 1. The average molecular weight is 508 g/mol. The van der Waals surface area contributed by atoms with Gasteiger partial charge in [0.2, 0.25) is 0 Å². The minimum Gasteiger partial charge on any atom is -0.278 e. The smallest absolute Gasteiger partial charge is 0.278 e. The number of hydrogen-bond donors (Lipinski definition) is 0. The highest BCUT2D eigenvalue weighted by atomic mass is 32.2. The topological polar surface area (TPSA) is 87.7 Å². The predicted molar refractivity (Wildman–Crippen MR) is 122 cm³/mol. The van der Waals surface area contributed by atoms with Crippen molar-refractivity contribution in [3.8, 4) is 0 Å². The van der Waals surface area contributed by atoms with Crippen molar-refractivity contribution in [2.75, 3.05) is 9.80 Å². The monoisotopic (exact) mass is 507 g/mol. The van der Waals surface area contributed by atoms with Crippen molar-refractivity contribution >= 4 is 33.2 Å². The molecule has 5 rings (SSSR count). The number of alkyl halides is 3. The van der Waals surface area contributed by atoms with Crippen LogP contribution in [0.1, 0.15) is 57.1 Å². The standard InChI is InChI=1S/C24H24F3N3O4S/c1-15-14-23(15)21(31)29(17-7-9-19(10-8-17)35(33,34)24(25,26)27)22(32)30(23)18-11-12-28-20(13-18)16-5-3-2-4-6-16/h7-13,15-16H,2-6,14H2,1H3. The molecule has 0 N–H and O–H groups in total. The SMILES string of the molecule is CC1CC12C(=O)N(c1ccc(S(=O)(=O)C(F)(F)F)cc1)C(=O)N2c1ccnc(C2CCCCC2)c1. The summed E-state index contributed by atoms with van der Waals surface area (Å²) in [4.78, 5) is 33.0. The van der Waals surface area contributed by atoms with E-state index in [2.05, 4.69) is 4.98 Å². The number of benzene rings is 1. The summed E-state index contributed by atoms with van der Waals surface area (Å²) in [7, 11) is -5.54. The lowest BCUT2D eigenvalue weighted by Gasteiger charge is -2.25. The van der Waals surface area contributed by atoms with Gasteiger partial charge in [0.25, 0.3) is 15.7 Å². The van der Waals surface area contributed by atoms with E-state index in [1.165, 1.54) is 11.3 Å². The van der Waals surface area contributed by atoms with Gasteiger partial charge in [0, 0.05) is 17.8 Å². The van der Waals surface area contributed by atoms with Crippen LogP contribution in [0.2, 0.25) is 0 Å². The van der Waals surface area contributed by atoms with Gasteiger partial charge in [0.1, 0.15) is 5.54 Å². The van der Waals surface area contributed by atoms with Crippen molar-refractivity contribution in [1.82, 2.24) is 4.98 Å². The van der Waals surface area contributed by atoms with E-state index >= 15 is 0 Å². The van der Waals surface area contributed by atoms with Crippen molar-refractivity contribution in [2.45, 2.75) is 67.3 Å². The van der Waals surface area contributed by atoms with Gasteiger partial charge >= 0.3 is 11.5 Å². The van der Waals surface area contributed by atoms with E-state index < -0.39 is 37.7 Å². The van der Waals surface area contributed by atoms with Crippen LogP contribution in [0.15, 0.2) is 47.5 Å². The lowest BCUT2D eigenvalue weighted by Crippen LogP contribution is -2.39. The first-order valence-corrected chi connectivity index (χ1v) is 13.0. The number of urea groups is 1. The number of rotatable bonds is 4. The zero-order valence-corrected chi connectivity index (χ0v) is 19.8. The fraction of sp³-hybridized carbons (Fsp3) is 0.458. The molecule has 3 amide bonds. The molecule has 2 aromatic rings. The van der Waals surface area contributed by atoms with Gasteiger partial charge < -0.3 is 0 Å². The van der Waals surface area contributed by atoms with Crippen molar-refractivity contribution < 1.29 is 31.2 Å². The van der Waals surface area contributed by atoms with Crippen LogP contribution in [0, 0.1) is 5.92 Å². The normalized spacial score (nSPS) is 25.5. The lowest BCUT2D eigenvalue weighted by molar-refractivity contribution is -0.119. The summed E-state index contributed by atoms with van der Waals surface area (Å²) in [5.74, 6) is -0.290. The summed E-state index contributed by atoms with van der Waals surface area (Å²) >= 11 is 0. The largest absolute Gasteiger partial charge is 0.501 e. The van der Waals surface area contributed by atoms with E-state index in [0.29, 0.717) is 18.0 Å². The van der Waals surface area contributed by atoms with E-state index in [9.17, 15) is 31.2 Å². The number of amides is 3. The van der Waals surface area contributed by atoms with Crippen molar-refractivity contribution in [2.24, 2.45) is 5.92 Å². The highest BCUT2D eigenvalue weighted by Gasteiger charge is 2.70. The first kappa shape index (κ1) is 23.8. The fourth-order valence-electron chi connectivity index (χ4n) is 5.34. The van der Waals surface area contributed by atoms with Gasteiger partial charge in [-0.1, -0.05) is 26.2 Å². The Bertz CT molecular complexity index is 1290. The zero-order chi connectivity index (χ0) is 25.2. The van der Waals surface area contributed by atoms with Gasteiger partial charge in [-0.3, -0.25) is 14.7 Å². The molecule has 0 bridgehead atoms. The maximum atomic E-state index is 13.6. The molecule has 1 aromatic carbocycles. The van der Waals surface area contributed by atoms with Crippen LogP contribution in [0.25, 0.3) is 0 Å². The van der Waals surface area contributed by atoms with Crippen molar-refractivity contribution in [3.05, 3.63) is 48.3 Å². The second kappa shape index (κ2) is 8.04. The highest BCUT2D eigenvalue weighted by molar-refractivity contribution is 7.92. The molecular formula is C24H24F3N3O4S. The van der Waals surface area contributed by atoms with Gasteiger partial charge in [-0.05, 0) is 61.6 Å². The van der Waals surface area contributed by atoms with E-state index in [1.807, 2.05) is 13.0 Å². The number of halogens is 3. The van der Waals surface area contributed by atoms with Crippen LogP contribution in [-0.2, 0) is 14.6 Å². The Kier molecular flexibility index (Phi) is 5.46. The van der Waals surface area contributed by atoms with Crippen LogP contribution >= 0.6 is 0 Å². The molecule has 2 aliphatic carbocycles. The maximum Gasteiger partial charge on any atom is 0.501 e. The molecule has 2 atom stereocenters. The molecule has 1 saturated heterocycles. The Hall–Kier alpha value is -2.95. The summed E-state index contributed by atoms with van der Waals surface area (Å²) < 4.78 is 62.0. The molecule has 2 heterocycles. The summed E-state index contributed by atoms with van der Waals surface area (Å²) in [6.07, 6.45) is 7.55. The molecule has 3 fully saturated rings. The molecule has 1 spiro atoms. The van der Waals surface area contributed by atoms with Crippen LogP contribution in [0.4, 0.5) is 29.3 Å². The maximum absolute atomic E-state index is 13.6. The molecule has 11 heteroatoms. The number of imide groups is 1. The van der Waals surface area contributed by atoms with Crippen LogP contribution in [-0.4, -0.2) is 36.4 Å². The zero-order valence-electron chi connectivity index (χ0n) is 19.0. The first-order chi connectivity index (χ1) is 16.5. The van der Waals surface area contributed by atoms with Crippen LogP contribution in [0.3, 0.4) is 0 Å². The third-order valence-corrected chi connectivity index (χ3v) is 8.89. The summed E-state index contributed by atoms with van der Waals surface area (Å²) in [6.45, 7) is 1.87. The lowest BCUT2D eigenvalue weighted by atomic mass is 9.86. The van der Waals surface area contributed by atoms with E-state index in [4.69, 9.17) is 0 Å². The number of nitrogens with zero attached hydrogens (tertiary/aromatic N) is 3. The van der Waals surface area contributed by atoms with Gasteiger partial charge in [0.15, 0.2) is 0 Å². The molecule has 1 aliphatic heterocycles. The number of hydrogen-bond acceptors (Lipinski definition) is 5. The Balaban J connectivity index is 1.49. The van der Waals surface area contributed by atoms with E-state index in [-0.39, 0.29) is 11.6 Å². The number of carbonyl (C=O) groups excluding carboxylic acids is 2. The summed E-state index contributed by atoms with van der Waals surface area (Å²) in [5.41, 5.74) is -5.06. The Morgan fingerprint density at radius 3 is 2.20 bits per heavy atom. The van der Waals surface area contributed by atoms with Gasteiger partial charge in [-0.25, -0.2) is 18.1 Å². The average Bonchev–Trinajstić information content (AvgIpc) is 3.44. The number of carbonyl (C=O) groups is 2. The molecule has 2 saturated carbocycles. The minimum absolute atomic E-state index is 0.0173. The van der Waals surface area contributed by atoms with Gasteiger partial charge in [-0.2, -0.15) is 13.2 Å². The molecule has 7 nitrogen and oxygen atoms in total. The first-order valence-electron chi connectivity index (χ1n) is 11.5. The number of pyridine rings is 1. The van der Waals surface area contributed by atoms with Crippen LogP contribution < -0.4 is 9.80 Å². The third kappa shape index (κ3) is 3.62. The number of aromatic nitrogens is 1. The molecule has 3 aliphatic rings. The molecule has 1 aromatic heterocycles. The van der Waals surface area contributed by atoms with E-state index in [0.717, 1.165) is 60.5 Å². The summed E-state index contributed by atoms with van der Waals surface area (Å²) in [5, 5.41) is 0. The Labute approximate surface area is 200 Å². The van der Waals surface area contributed by atoms with Crippen molar-refractivity contribution in [3.63, 3.8) is 0 Å². The fourth-order valence-corrected chi connectivity index (χ4v) is 6.10. The van der Waals surface area contributed by atoms with Crippen LogP contribution in [0.5, 0.6) is 0 Å². The Morgan fingerprint density at radius 2 is 1.63 bits per heavy atom. The summed E-state index contributed by atoms with van der Waals surface area (Å²) in [6, 6.07) is 6.56. The molecule has 2 unspecified atom stereocenters. The Morgan fingerprint density at radius 1 is 1.00 bits per heavy atom. The van der Waals surface area contributed by atoms with Gasteiger partial charge in [-0.15, -0.1) is 0 Å². The third-order valence-electron chi connectivity index (χ3n) is 7.38. The second-order valence-electron chi connectivity index (χ2n) is 9.50. The second-order valence-corrected chi connectivity index (χ2v) is 11.4. The molecular weight excluding hydrogens is 483 g/mol. The molecule has 0 radical (unpaired) electrons. The highest BCUT2D eigenvalue weighted by Crippen LogP contribution is 2.55. The minimum atomic E-state index is -5.54. The van der Waals surface area contributed by atoms with Crippen molar-refractivity contribution in [1.29, 1.82) is 0 Å². The van der Waals surface area contributed by atoms with E-state index in [1.54, 1.807) is 12.3 Å².